The number of hydrogen-bond donors (Lipinski definition) is 0. The number of furan rings is 1. The van der Waals surface area contributed by atoms with Gasteiger partial charge in [-0.25, -0.2) is 9.97 Å². The van der Waals surface area contributed by atoms with Crippen molar-refractivity contribution in [3.63, 3.8) is 0 Å². The van der Waals surface area contributed by atoms with E-state index in [0.717, 1.165) is 50.2 Å². The molecule has 3 heterocycles. The van der Waals surface area contributed by atoms with Gasteiger partial charge >= 0.3 is 0 Å². The molecule has 9 aromatic rings. The number of nitrogens with zero attached hydrogens (tertiary/aromatic N) is 3. The molecular weight excluding hydrogens is 466 g/mol. The van der Waals surface area contributed by atoms with Crippen molar-refractivity contribution in [1.82, 2.24) is 14.5 Å². The molecule has 6 aromatic carbocycles. The molecular formula is C34H19N3O. The topological polar surface area (TPSA) is 43.9 Å². The van der Waals surface area contributed by atoms with E-state index in [0.29, 0.717) is 0 Å². The first-order valence-electron chi connectivity index (χ1n) is 12.8. The first kappa shape index (κ1) is 19.9. The highest BCUT2D eigenvalue weighted by Gasteiger charge is 2.19. The van der Waals surface area contributed by atoms with Gasteiger partial charge in [-0.15, -0.1) is 0 Å². The Balaban J connectivity index is 1.38. The maximum Gasteiger partial charge on any atom is 0.159 e. The maximum atomic E-state index is 6.23. The second kappa shape index (κ2) is 7.17. The van der Waals surface area contributed by atoms with Gasteiger partial charge < -0.3 is 8.98 Å². The Morgan fingerprint density at radius 3 is 2.08 bits per heavy atom. The highest BCUT2D eigenvalue weighted by molar-refractivity contribution is 6.33. The van der Waals surface area contributed by atoms with E-state index in [4.69, 9.17) is 14.4 Å². The molecule has 0 unspecified atom stereocenters. The fourth-order valence-electron chi connectivity index (χ4n) is 6.18. The number of hydrogen-bond acceptors (Lipinski definition) is 3. The number of rotatable bonds is 2. The minimum Gasteiger partial charge on any atom is -0.456 e. The maximum absolute atomic E-state index is 6.23. The normalized spacial score (nSPS) is 12.2. The predicted molar refractivity (Wildman–Crippen MR) is 155 cm³/mol. The Bertz CT molecular complexity index is 2340. The average Bonchev–Trinajstić information content (AvgIpc) is 3.53. The van der Waals surface area contributed by atoms with Crippen LogP contribution in [0.3, 0.4) is 0 Å². The van der Waals surface area contributed by atoms with E-state index in [1.54, 1.807) is 0 Å². The third-order valence-electron chi connectivity index (χ3n) is 7.81. The monoisotopic (exact) mass is 485 g/mol. The van der Waals surface area contributed by atoms with Gasteiger partial charge in [-0.05, 0) is 51.9 Å². The highest BCUT2D eigenvalue weighted by Crippen LogP contribution is 2.43. The van der Waals surface area contributed by atoms with Gasteiger partial charge in [0.2, 0.25) is 0 Å². The molecule has 0 amide bonds. The molecule has 9 rings (SSSR count). The first-order chi connectivity index (χ1) is 18.8. The zero-order valence-corrected chi connectivity index (χ0v) is 20.2. The Labute approximate surface area is 216 Å². The number of para-hydroxylation sites is 1. The second-order valence-electron chi connectivity index (χ2n) is 9.84. The van der Waals surface area contributed by atoms with E-state index >= 15 is 0 Å². The van der Waals surface area contributed by atoms with Crippen molar-refractivity contribution in [1.29, 1.82) is 0 Å². The average molecular weight is 486 g/mol. The van der Waals surface area contributed by atoms with E-state index in [1.807, 2.05) is 24.4 Å². The molecule has 0 spiro atoms. The summed E-state index contributed by atoms with van der Waals surface area (Å²) >= 11 is 0. The molecule has 0 saturated heterocycles. The molecule has 0 aliphatic heterocycles. The molecule has 4 nitrogen and oxygen atoms in total. The standard InChI is InChI=1S/C34H19N3O/c1-2-8-20(9-3-1)34-35-19-28-33(36-34)25-10-4-5-13-27(25)37(28)21-16-17-22-23-11-6-14-29-31(23)32-24(26(22)18-21)12-7-15-30(32)38-29/h1-19H. The Hall–Kier alpha value is -5.22. The molecule has 38 heavy (non-hydrogen) atoms. The molecule has 0 N–H and O–H groups in total. The lowest BCUT2D eigenvalue weighted by Gasteiger charge is -2.12. The summed E-state index contributed by atoms with van der Waals surface area (Å²) in [6, 6.07) is 38.1. The predicted octanol–water partition coefficient (Wildman–Crippen LogP) is 8.88. The minimum atomic E-state index is 0.735. The summed E-state index contributed by atoms with van der Waals surface area (Å²) in [4.78, 5) is 9.82. The van der Waals surface area contributed by atoms with Crippen LogP contribution in [0.15, 0.2) is 120 Å². The molecule has 0 saturated carbocycles. The molecule has 3 aromatic heterocycles. The van der Waals surface area contributed by atoms with Crippen LogP contribution in [0.25, 0.3) is 82.5 Å². The largest absolute Gasteiger partial charge is 0.456 e. The highest BCUT2D eigenvalue weighted by atomic mass is 16.3. The third kappa shape index (κ3) is 2.53. The molecule has 0 fully saturated rings. The Kier molecular flexibility index (Phi) is 3.76. The quantitative estimate of drug-likeness (QED) is 0.230. The summed E-state index contributed by atoms with van der Waals surface area (Å²) in [6.07, 6.45) is 1.96. The Morgan fingerprint density at radius 1 is 0.553 bits per heavy atom. The summed E-state index contributed by atoms with van der Waals surface area (Å²) < 4.78 is 8.51. The van der Waals surface area contributed by atoms with Crippen molar-refractivity contribution in [3.8, 4) is 17.1 Å². The summed E-state index contributed by atoms with van der Waals surface area (Å²) in [5.74, 6) is 0.735. The lowest BCUT2D eigenvalue weighted by molar-refractivity contribution is 0.669. The number of aromatic nitrogens is 3. The van der Waals surface area contributed by atoms with Crippen LogP contribution in [-0.4, -0.2) is 14.5 Å². The fourth-order valence-corrected chi connectivity index (χ4v) is 6.18. The van der Waals surface area contributed by atoms with Crippen LogP contribution in [0.2, 0.25) is 0 Å². The van der Waals surface area contributed by atoms with Gasteiger partial charge in [0, 0.05) is 27.4 Å². The zero-order valence-electron chi connectivity index (χ0n) is 20.2. The third-order valence-corrected chi connectivity index (χ3v) is 7.81. The van der Waals surface area contributed by atoms with E-state index in [9.17, 15) is 0 Å². The van der Waals surface area contributed by atoms with Gasteiger partial charge in [-0.2, -0.15) is 0 Å². The van der Waals surface area contributed by atoms with Crippen LogP contribution >= 0.6 is 0 Å². The van der Waals surface area contributed by atoms with Crippen molar-refractivity contribution < 1.29 is 4.42 Å². The molecule has 0 bridgehead atoms. The lowest BCUT2D eigenvalue weighted by Crippen LogP contribution is -1.96. The minimum absolute atomic E-state index is 0.735. The van der Waals surface area contributed by atoms with Gasteiger partial charge in [0.05, 0.1) is 17.2 Å². The molecule has 0 aliphatic rings. The van der Waals surface area contributed by atoms with Crippen molar-refractivity contribution in [2.24, 2.45) is 0 Å². The van der Waals surface area contributed by atoms with Gasteiger partial charge in [0.1, 0.15) is 16.7 Å². The molecule has 0 atom stereocenters. The van der Waals surface area contributed by atoms with Crippen LogP contribution in [0.4, 0.5) is 0 Å². The van der Waals surface area contributed by atoms with Gasteiger partial charge in [-0.3, -0.25) is 0 Å². The van der Waals surface area contributed by atoms with Crippen LogP contribution in [0.5, 0.6) is 0 Å². The molecule has 176 valence electrons. The number of fused-ring (bicyclic) bond motifs is 6. The second-order valence-corrected chi connectivity index (χ2v) is 9.84. The van der Waals surface area contributed by atoms with Crippen LogP contribution in [-0.2, 0) is 0 Å². The summed E-state index contributed by atoms with van der Waals surface area (Å²) in [5, 5.41) is 8.38. The van der Waals surface area contributed by atoms with Crippen molar-refractivity contribution in [2.45, 2.75) is 0 Å². The van der Waals surface area contributed by atoms with E-state index < -0.39 is 0 Å². The fraction of sp³-hybridized carbons (Fsp3) is 0. The van der Waals surface area contributed by atoms with E-state index in [-0.39, 0.29) is 0 Å². The zero-order chi connectivity index (χ0) is 24.8. The van der Waals surface area contributed by atoms with Crippen molar-refractivity contribution >= 4 is 65.4 Å². The van der Waals surface area contributed by atoms with Gasteiger partial charge in [0.15, 0.2) is 5.82 Å². The van der Waals surface area contributed by atoms with Gasteiger partial charge in [-0.1, -0.05) is 78.9 Å². The van der Waals surface area contributed by atoms with Crippen molar-refractivity contribution in [2.75, 3.05) is 0 Å². The smallest absolute Gasteiger partial charge is 0.159 e. The van der Waals surface area contributed by atoms with E-state index in [1.165, 1.54) is 32.3 Å². The number of benzene rings is 6. The summed E-state index contributed by atoms with van der Waals surface area (Å²) in [6.45, 7) is 0. The van der Waals surface area contributed by atoms with Crippen LogP contribution in [0, 0.1) is 0 Å². The molecule has 0 radical (unpaired) electrons. The summed E-state index contributed by atoms with van der Waals surface area (Å²) in [7, 11) is 0. The summed E-state index contributed by atoms with van der Waals surface area (Å²) in [5.41, 5.74) is 7.03. The van der Waals surface area contributed by atoms with Gasteiger partial charge in [0.25, 0.3) is 0 Å². The molecule has 0 aliphatic carbocycles. The Morgan fingerprint density at radius 2 is 1.26 bits per heavy atom. The first-order valence-corrected chi connectivity index (χ1v) is 12.8. The van der Waals surface area contributed by atoms with E-state index in [2.05, 4.69) is 95.6 Å². The van der Waals surface area contributed by atoms with Crippen molar-refractivity contribution in [3.05, 3.63) is 115 Å². The van der Waals surface area contributed by atoms with Crippen LogP contribution < -0.4 is 0 Å². The van der Waals surface area contributed by atoms with Crippen LogP contribution in [0.1, 0.15) is 0 Å². The lowest BCUT2D eigenvalue weighted by atomic mass is 9.94. The molecule has 4 heteroatoms. The SMILES string of the molecule is c1ccc(-c2ncc3c(n2)c2ccccc2n3-c2ccc3c(c2)c2cccc4oc5cccc3c5c42)cc1.